The van der Waals surface area contributed by atoms with Gasteiger partial charge < -0.3 is 19.7 Å². The normalized spacial score (nSPS) is 55.2. The molecule has 5 aliphatic rings. The number of fused-ring (bicyclic) bond motifs is 7. The number of aliphatic hydroxyl groups excluding tert-OH is 2. The first-order valence-corrected chi connectivity index (χ1v) is 14.9. The van der Waals surface area contributed by atoms with Crippen molar-refractivity contribution in [2.75, 3.05) is 20.8 Å². The van der Waals surface area contributed by atoms with Crippen molar-refractivity contribution in [3.05, 3.63) is 11.6 Å². The second-order valence-electron chi connectivity index (χ2n) is 14.9. The van der Waals surface area contributed by atoms with Crippen LogP contribution in [0.1, 0.15) is 92.9 Å². The minimum absolute atomic E-state index is 0.00173. The molecular weight excluding hydrogens is 464 g/mol. The molecule has 0 aromatic carbocycles. The molecule has 4 fully saturated rings. The lowest BCUT2D eigenvalue weighted by molar-refractivity contribution is -0.249. The van der Waals surface area contributed by atoms with Crippen LogP contribution >= 0.6 is 0 Å². The minimum Gasteiger partial charge on any atom is -0.469 e. The van der Waals surface area contributed by atoms with Crippen molar-refractivity contribution in [1.29, 1.82) is 0 Å². The van der Waals surface area contributed by atoms with E-state index in [-0.39, 0.29) is 40.8 Å². The Morgan fingerprint density at radius 1 is 1.03 bits per heavy atom. The van der Waals surface area contributed by atoms with Gasteiger partial charge in [0.25, 0.3) is 0 Å². The molecule has 0 aromatic rings. The zero-order valence-corrected chi connectivity index (χ0v) is 24.6. The third kappa shape index (κ3) is 3.29. The van der Waals surface area contributed by atoms with Gasteiger partial charge >= 0.3 is 5.97 Å². The molecule has 37 heavy (non-hydrogen) atoms. The lowest BCUT2D eigenvalue weighted by Gasteiger charge is -2.72. The Morgan fingerprint density at radius 2 is 1.73 bits per heavy atom. The molecule has 0 aliphatic heterocycles. The highest BCUT2D eigenvalue weighted by atomic mass is 16.5. The summed E-state index contributed by atoms with van der Waals surface area (Å²) < 4.78 is 11.3. The number of ether oxygens (including phenoxy) is 2. The SMILES string of the molecule is COC(=O)C12CCC(C)C(C)C1C1=CCC3C4(C)CC(O)C(OC)C(C)(CO)C4CCC3(C)C1(C)CC2. The predicted octanol–water partition coefficient (Wildman–Crippen LogP) is 5.78. The van der Waals surface area contributed by atoms with E-state index in [1.165, 1.54) is 5.57 Å². The van der Waals surface area contributed by atoms with Gasteiger partial charge in [0.1, 0.15) is 0 Å². The number of carbonyl (C=O) groups excluding carboxylic acids is 1. The molecule has 5 heteroatoms. The Hall–Kier alpha value is -0.910. The monoisotopic (exact) mass is 516 g/mol. The van der Waals surface area contributed by atoms with Crippen LogP contribution in [0, 0.1) is 56.7 Å². The van der Waals surface area contributed by atoms with E-state index in [2.05, 4.69) is 47.6 Å². The third-order valence-corrected chi connectivity index (χ3v) is 13.9. The van der Waals surface area contributed by atoms with Crippen LogP contribution < -0.4 is 0 Å². The highest BCUT2D eigenvalue weighted by Gasteiger charge is 2.71. The largest absolute Gasteiger partial charge is 0.469 e. The fraction of sp³-hybridized carbons (Fsp3) is 0.906. The summed E-state index contributed by atoms with van der Waals surface area (Å²) in [6, 6.07) is 0. The molecule has 2 N–H and O–H groups in total. The van der Waals surface area contributed by atoms with Gasteiger partial charge in [-0.2, -0.15) is 0 Å². The minimum atomic E-state index is -0.582. The molecule has 0 aromatic heterocycles. The van der Waals surface area contributed by atoms with Crippen LogP contribution in [0.15, 0.2) is 11.6 Å². The average molecular weight is 517 g/mol. The fourth-order valence-corrected chi connectivity index (χ4v) is 11.6. The lowest BCUT2D eigenvalue weighted by Crippen LogP contribution is -2.68. The van der Waals surface area contributed by atoms with Crippen molar-refractivity contribution >= 4 is 5.97 Å². The summed E-state index contributed by atoms with van der Waals surface area (Å²) in [4.78, 5) is 13.4. The number of rotatable bonds is 3. The van der Waals surface area contributed by atoms with Crippen LogP contribution in [0.4, 0.5) is 0 Å². The maximum absolute atomic E-state index is 13.4. The lowest BCUT2D eigenvalue weighted by atomic mass is 9.33. The topological polar surface area (TPSA) is 76.0 Å². The summed E-state index contributed by atoms with van der Waals surface area (Å²) >= 11 is 0. The van der Waals surface area contributed by atoms with Gasteiger partial charge in [-0.1, -0.05) is 53.2 Å². The first-order chi connectivity index (χ1) is 17.3. The quantitative estimate of drug-likeness (QED) is 0.368. The highest BCUT2D eigenvalue weighted by Crippen LogP contribution is 2.75. The van der Waals surface area contributed by atoms with E-state index >= 15 is 0 Å². The summed E-state index contributed by atoms with van der Waals surface area (Å²) in [5.41, 5.74) is 0.662. The van der Waals surface area contributed by atoms with Crippen molar-refractivity contribution in [3.63, 3.8) is 0 Å². The number of esters is 1. The number of allylic oxidation sites excluding steroid dienone is 2. The number of aliphatic hydroxyl groups is 2. The molecule has 12 atom stereocenters. The number of methoxy groups -OCH3 is 2. The van der Waals surface area contributed by atoms with E-state index in [4.69, 9.17) is 9.47 Å². The first kappa shape index (κ1) is 27.6. The number of carbonyl (C=O) groups is 1. The van der Waals surface area contributed by atoms with Crippen molar-refractivity contribution in [2.24, 2.45) is 56.7 Å². The van der Waals surface area contributed by atoms with Gasteiger partial charge in [0.05, 0.1) is 31.3 Å². The Labute approximate surface area is 224 Å². The van der Waals surface area contributed by atoms with Crippen molar-refractivity contribution in [1.82, 2.24) is 0 Å². The molecule has 0 spiro atoms. The number of hydrogen-bond acceptors (Lipinski definition) is 5. The summed E-state index contributed by atoms with van der Waals surface area (Å²) in [6.45, 7) is 14.3. The number of hydrogen-bond donors (Lipinski definition) is 2. The molecule has 5 nitrogen and oxygen atoms in total. The molecule has 5 aliphatic carbocycles. The third-order valence-electron chi connectivity index (χ3n) is 13.9. The van der Waals surface area contributed by atoms with Gasteiger partial charge in [-0.3, -0.25) is 4.79 Å². The van der Waals surface area contributed by atoms with Crippen molar-refractivity contribution in [2.45, 2.75) is 105 Å². The van der Waals surface area contributed by atoms with Crippen LogP contribution in [0.3, 0.4) is 0 Å². The summed E-state index contributed by atoms with van der Waals surface area (Å²) in [5.74, 6) is 1.98. The Morgan fingerprint density at radius 3 is 2.35 bits per heavy atom. The van der Waals surface area contributed by atoms with E-state index in [0.29, 0.717) is 30.1 Å². The summed E-state index contributed by atoms with van der Waals surface area (Å²) in [7, 11) is 3.25. The molecule has 0 amide bonds. The fourth-order valence-electron chi connectivity index (χ4n) is 11.6. The molecule has 0 heterocycles. The van der Waals surface area contributed by atoms with Crippen LogP contribution in [0.25, 0.3) is 0 Å². The molecule has 12 unspecified atom stereocenters. The van der Waals surface area contributed by atoms with Crippen molar-refractivity contribution in [3.8, 4) is 0 Å². The maximum Gasteiger partial charge on any atom is 0.312 e. The molecule has 4 saturated carbocycles. The molecule has 0 bridgehead atoms. The van der Waals surface area contributed by atoms with E-state index in [1.807, 2.05) is 0 Å². The smallest absolute Gasteiger partial charge is 0.312 e. The Bertz CT molecular complexity index is 961. The van der Waals surface area contributed by atoms with Gasteiger partial charge in [0, 0.05) is 12.5 Å². The zero-order chi connectivity index (χ0) is 27.2. The zero-order valence-electron chi connectivity index (χ0n) is 24.6. The average Bonchev–Trinajstić information content (AvgIpc) is 2.86. The summed E-state index contributed by atoms with van der Waals surface area (Å²) in [5, 5.41) is 22.0. The molecule has 210 valence electrons. The van der Waals surface area contributed by atoms with Crippen LogP contribution in [0.2, 0.25) is 0 Å². The van der Waals surface area contributed by atoms with Crippen LogP contribution in [-0.2, 0) is 14.3 Å². The highest BCUT2D eigenvalue weighted by molar-refractivity contribution is 5.78. The molecule has 0 saturated heterocycles. The van der Waals surface area contributed by atoms with E-state index < -0.39 is 16.9 Å². The molecule has 5 rings (SSSR count). The predicted molar refractivity (Wildman–Crippen MR) is 145 cm³/mol. The van der Waals surface area contributed by atoms with Gasteiger partial charge in [-0.25, -0.2) is 0 Å². The second kappa shape index (κ2) is 8.80. The molecular formula is C32H52O5. The Balaban J connectivity index is 1.61. The van der Waals surface area contributed by atoms with Crippen LogP contribution in [-0.4, -0.2) is 49.2 Å². The van der Waals surface area contributed by atoms with Gasteiger partial charge in [-0.15, -0.1) is 0 Å². The van der Waals surface area contributed by atoms with Gasteiger partial charge in [0.15, 0.2) is 0 Å². The second-order valence-corrected chi connectivity index (χ2v) is 14.9. The van der Waals surface area contributed by atoms with Crippen molar-refractivity contribution < 1.29 is 24.5 Å². The van der Waals surface area contributed by atoms with E-state index in [9.17, 15) is 15.0 Å². The van der Waals surface area contributed by atoms with Gasteiger partial charge in [-0.05, 0) is 97.2 Å². The van der Waals surface area contributed by atoms with E-state index in [0.717, 1.165) is 44.9 Å². The van der Waals surface area contributed by atoms with Gasteiger partial charge in [0.2, 0.25) is 0 Å². The first-order valence-electron chi connectivity index (χ1n) is 14.9. The summed E-state index contributed by atoms with van der Waals surface area (Å²) in [6.07, 6.45) is 9.40. The Kier molecular flexibility index (Phi) is 6.57. The maximum atomic E-state index is 13.4. The van der Waals surface area contributed by atoms with Crippen LogP contribution in [0.5, 0.6) is 0 Å². The van der Waals surface area contributed by atoms with E-state index in [1.54, 1.807) is 14.2 Å². The standard InChI is InChI=1S/C32H52O5/c1-19-11-14-32(27(35)37-8)16-15-30(5)21(25(32)20(19)2)9-10-24-28(3)17-22(34)26(36-7)29(4,18-33)23(28)12-13-31(24,30)6/h9,19-20,22-26,33-34H,10-18H2,1-8H3. The molecule has 0 radical (unpaired) electrons.